The van der Waals surface area contributed by atoms with Crippen LogP contribution in [-0.2, 0) is 9.47 Å². The molecule has 0 bridgehead atoms. The van der Waals surface area contributed by atoms with Crippen molar-refractivity contribution >= 4 is 0 Å². The molecular weight excluding hydrogens is 586 g/mol. The van der Waals surface area contributed by atoms with Crippen molar-refractivity contribution < 1.29 is 26.4 Å². The average molecular weight is 671 g/mol. The Kier molecular flexibility index (Phi) is 42.4. The molecule has 0 atom stereocenters. The van der Waals surface area contributed by atoms with Crippen molar-refractivity contribution in [2.45, 2.75) is 194 Å². The second-order valence-corrected chi connectivity index (χ2v) is 14.5. The fourth-order valence-electron chi connectivity index (χ4n) is 5.84. The highest BCUT2D eigenvalue weighted by Crippen LogP contribution is 2.12. The fraction of sp³-hybridized carbons (Fsp3) is 0.905. The molecule has 0 saturated heterocycles. The van der Waals surface area contributed by atoms with Gasteiger partial charge in [-0.1, -0.05) is 154 Å². The molecule has 0 aliphatic carbocycles. The van der Waals surface area contributed by atoms with Gasteiger partial charge in [0.1, 0.15) is 13.1 Å². The molecule has 0 aromatic rings. The van der Waals surface area contributed by atoms with E-state index in [1.54, 1.807) is 0 Å². The molecular formula is C42H84ClNO2. The van der Waals surface area contributed by atoms with Crippen LogP contribution in [-0.4, -0.2) is 58.1 Å². The van der Waals surface area contributed by atoms with Gasteiger partial charge >= 0.3 is 0 Å². The molecule has 4 heteroatoms. The third kappa shape index (κ3) is 41.7. The van der Waals surface area contributed by atoms with Crippen LogP contribution in [0.4, 0.5) is 0 Å². The van der Waals surface area contributed by atoms with Crippen LogP contribution in [0.5, 0.6) is 0 Å². The molecule has 0 aromatic carbocycles. The first-order valence-corrected chi connectivity index (χ1v) is 20.4. The van der Waals surface area contributed by atoms with Crippen molar-refractivity contribution in [3.05, 3.63) is 24.3 Å². The summed E-state index contributed by atoms with van der Waals surface area (Å²) >= 11 is 0. The molecule has 0 amide bonds. The van der Waals surface area contributed by atoms with Crippen molar-refractivity contribution in [2.24, 2.45) is 0 Å². The van der Waals surface area contributed by atoms with Crippen molar-refractivity contribution in [1.82, 2.24) is 0 Å². The Labute approximate surface area is 297 Å². The molecule has 3 nitrogen and oxygen atoms in total. The van der Waals surface area contributed by atoms with E-state index >= 15 is 0 Å². The van der Waals surface area contributed by atoms with Crippen LogP contribution in [0.15, 0.2) is 24.3 Å². The maximum Gasteiger partial charge on any atom is 0.102 e. The number of ether oxygens (including phenoxy) is 2. The van der Waals surface area contributed by atoms with Crippen LogP contribution in [0.25, 0.3) is 0 Å². The van der Waals surface area contributed by atoms with Gasteiger partial charge in [0, 0.05) is 13.2 Å². The Balaban J connectivity index is 0. The predicted octanol–water partition coefficient (Wildman–Crippen LogP) is 10.2. The summed E-state index contributed by atoms with van der Waals surface area (Å²) in [5.74, 6) is 0. The van der Waals surface area contributed by atoms with Gasteiger partial charge in [0.2, 0.25) is 0 Å². The van der Waals surface area contributed by atoms with Gasteiger partial charge in [-0.2, -0.15) is 0 Å². The molecule has 46 heavy (non-hydrogen) atoms. The second-order valence-electron chi connectivity index (χ2n) is 14.5. The quantitative estimate of drug-likeness (QED) is 0.0370. The van der Waals surface area contributed by atoms with E-state index in [4.69, 9.17) is 9.47 Å². The molecule has 0 saturated carbocycles. The van der Waals surface area contributed by atoms with E-state index < -0.39 is 0 Å². The van der Waals surface area contributed by atoms with Crippen LogP contribution in [0.2, 0.25) is 0 Å². The highest BCUT2D eigenvalue weighted by Gasteiger charge is 2.14. The third-order valence-electron chi connectivity index (χ3n) is 9.28. The van der Waals surface area contributed by atoms with Crippen LogP contribution >= 0.6 is 0 Å². The number of halogens is 1. The normalized spacial score (nSPS) is 12.1. The van der Waals surface area contributed by atoms with Gasteiger partial charge < -0.3 is 26.4 Å². The Morgan fingerprint density at radius 3 is 0.913 bits per heavy atom. The second kappa shape index (κ2) is 40.8. The molecule has 0 rings (SSSR count). The fourth-order valence-corrected chi connectivity index (χ4v) is 5.84. The first-order valence-electron chi connectivity index (χ1n) is 20.4. The lowest BCUT2D eigenvalue weighted by molar-refractivity contribution is -0.891. The molecule has 0 N–H and O–H groups in total. The van der Waals surface area contributed by atoms with E-state index in [1.165, 1.54) is 180 Å². The summed E-state index contributed by atoms with van der Waals surface area (Å²) in [5.41, 5.74) is 0. The van der Waals surface area contributed by atoms with Gasteiger partial charge in [0.15, 0.2) is 0 Å². The summed E-state index contributed by atoms with van der Waals surface area (Å²) in [6.45, 7) is 10.3. The van der Waals surface area contributed by atoms with Gasteiger partial charge in [0.25, 0.3) is 0 Å². The maximum absolute atomic E-state index is 5.96. The molecule has 0 heterocycles. The molecule has 276 valence electrons. The standard InChI is InChI=1S/C42H84NO2.ClH/c1-5-7-9-11-13-15-17-19-21-23-25-27-29-31-33-35-39-44-41-37-43(3,4)38-42-45-40-36-34-32-30-28-26-24-22-20-18-16-14-12-10-8-6-2;/h19-22H,5-18,23-42H2,1-4H3;1H/q+1;/p-1/b21-19-,22-20-;. The van der Waals surface area contributed by atoms with Gasteiger partial charge in [-0.3, -0.25) is 0 Å². The molecule has 0 aliphatic rings. The topological polar surface area (TPSA) is 18.5 Å². The molecule has 0 aromatic heterocycles. The molecule has 0 fully saturated rings. The average Bonchev–Trinajstić information content (AvgIpc) is 3.03. The minimum atomic E-state index is 0. The van der Waals surface area contributed by atoms with Gasteiger partial charge in [-0.15, -0.1) is 0 Å². The van der Waals surface area contributed by atoms with Crippen molar-refractivity contribution in [1.29, 1.82) is 0 Å². The summed E-state index contributed by atoms with van der Waals surface area (Å²) in [5, 5.41) is 0. The maximum atomic E-state index is 5.96. The van der Waals surface area contributed by atoms with E-state index in [0.717, 1.165) is 44.0 Å². The number of unbranched alkanes of at least 4 members (excludes halogenated alkanes) is 24. The highest BCUT2D eigenvalue weighted by molar-refractivity contribution is 4.82. The summed E-state index contributed by atoms with van der Waals surface area (Å²) in [4.78, 5) is 0. The first-order chi connectivity index (χ1) is 22.1. The lowest BCUT2D eigenvalue weighted by Crippen LogP contribution is -3.00. The molecule has 0 radical (unpaired) electrons. The Bertz CT molecular complexity index is 556. The number of hydrogen-bond donors (Lipinski definition) is 0. The zero-order valence-corrected chi connectivity index (χ0v) is 32.7. The number of rotatable bonds is 38. The van der Waals surface area contributed by atoms with Crippen LogP contribution in [0, 0.1) is 0 Å². The van der Waals surface area contributed by atoms with Crippen molar-refractivity contribution in [3.63, 3.8) is 0 Å². The third-order valence-corrected chi connectivity index (χ3v) is 9.28. The van der Waals surface area contributed by atoms with E-state index in [9.17, 15) is 0 Å². The lowest BCUT2D eigenvalue weighted by atomic mass is 10.1. The van der Waals surface area contributed by atoms with E-state index in [0.29, 0.717) is 0 Å². The molecule has 0 aliphatic heterocycles. The number of allylic oxidation sites excluding steroid dienone is 4. The number of likely N-dealkylation sites (N-methyl/N-ethyl adjacent to an activating group) is 1. The number of nitrogens with zero attached hydrogens (tertiary/aromatic N) is 1. The SMILES string of the molecule is CCCCCCCC/C=C\CCCCCCCCOCC[N+](C)(C)CCOCCCCCCCC/C=C\CCCCCCCC.[Cl-]. The number of quaternary nitrogens is 1. The van der Waals surface area contributed by atoms with Crippen LogP contribution in [0.1, 0.15) is 194 Å². The van der Waals surface area contributed by atoms with Crippen molar-refractivity contribution in [2.75, 3.05) is 53.6 Å². The minimum absolute atomic E-state index is 0. The van der Waals surface area contributed by atoms with E-state index in [-0.39, 0.29) is 12.4 Å². The monoisotopic (exact) mass is 670 g/mol. The van der Waals surface area contributed by atoms with Crippen molar-refractivity contribution in [3.8, 4) is 0 Å². The first kappa shape index (κ1) is 47.8. The summed E-state index contributed by atoms with van der Waals surface area (Å²) in [6, 6.07) is 0. The summed E-state index contributed by atoms with van der Waals surface area (Å²) < 4.78 is 12.9. The Hall–Kier alpha value is -0.350. The molecule has 0 unspecified atom stereocenters. The summed E-state index contributed by atoms with van der Waals surface area (Å²) in [6.07, 6.45) is 47.7. The predicted molar refractivity (Wildman–Crippen MR) is 202 cm³/mol. The van der Waals surface area contributed by atoms with Crippen LogP contribution in [0.3, 0.4) is 0 Å². The molecule has 0 spiro atoms. The number of hydrogen-bond acceptors (Lipinski definition) is 2. The largest absolute Gasteiger partial charge is 1.00 e. The minimum Gasteiger partial charge on any atom is -1.00 e. The highest BCUT2D eigenvalue weighted by atomic mass is 35.5. The Morgan fingerprint density at radius 1 is 0.348 bits per heavy atom. The van der Waals surface area contributed by atoms with Gasteiger partial charge in [-0.25, -0.2) is 0 Å². The van der Waals surface area contributed by atoms with Crippen LogP contribution < -0.4 is 12.4 Å². The van der Waals surface area contributed by atoms with E-state index in [1.807, 2.05) is 0 Å². The Morgan fingerprint density at radius 2 is 0.609 bits per heavy atom. The summed E-state index contributed by atoms with van der Waals surface area (Å²) in [7, 11) is 4.61. The zero-order valence-electron chi connectivity index (χ0n) is 32.0. The lowest BCUT2D eigenvalue weighted by Gasteiger charge is -2.29. The van der Waals surface area contributed by atoms with E-state index in [2.05, 4.69) is 52.2 Å². The van der Waals surface area contributed by atoms with Gasteiger partial charge in [-0.05, 0) is 64.2 Å². The van der Waals surface area contributed by atoms with Gasteiger partial charge in [0.05, 0.1) is 27.3 Å². The smallest absolute Gasteiger partial charge is 0.102 e. The zero-order chi connectivity index (χ0) is 32.8.